The van der Waals surface area contributed by atoms with Crippen molar-refractivity contribution in [3.63, 3.8) is 0 Å². The number of para-hydroxylation sites is 1. The summed E-state index contributed by atoms with van der Waals surface area (Å²) in [6.45, 7) is 1.27. The fraction of sp³-hybridized carbons (Fsp3) is 0.368. The molecule has 0 spiro atoms. The molecular weight excluding hydrogens is 332 g/mol. The highest BCUT2D eigenvalue weighted by Crippen LogP contribution is 2.27. The average molecular weight is 354 g/mol. The Kier molecular flexibility index (Phi) is 5.78. The van der Waals surface area contributed by atoms with E-state index in [2.05, 4.69) is 9.97 Å². The lowest BCUT2D eigenvalue weighted by Crippen LogP contribution is -2.39. The van der Waals surface area contributed by atoms with Crippen LogP contribution in [0.2, 0.25) is 0 Å². The number of rotatable bonds is 6. The number of hydrogen-bond donors (Lipinski definition) is 1. The number of aromatic nitrogens is 2. The molecule has 136 valence electrons. The molecule has 0 saturated carbocycles. The molecule has 2 N–H and O–H groups in total. The van der Waals surface area contributed by atoms with Gasteiger partial charge in [0.15, 0.2) is 0 Å². The Morgan fingerprint density at radius 1 is 1.19 bits per heavy atom. The number of likely N-dealkylation sites (tertiary alicyclic amines) is 1. The van der Waals surface area contributed by atoms with Crippen molar-refractivity contribution in [3.8, 4) is 11.6 Å². The summed E-state index contributed by atoms with van der Waals surface area (Å²) in [6.07, 6.45) is 5.36. The minimum Gasteiger partial charge on any atom is -0.437 e. The summed E-state index contributed by atoms with van der Waals surface area (Å²) in [7, 11) is 0. The summed E-state index contributed by atoms with van der Waals surface area (Å²) in [5.74, 6) is 0.742. The predicted octanol–water partition coefficient (Wildman–Crippen LogP) is 2.24. The molecule has 1 aliphatic heterocycles. The number of nitrogens with zero attached hydrogens (tertiary/aromatic N) is 3. The third kappa shape index (κ3) is 4.78. The number of ether oxygens (including phenoxy) is 1. The number of primary amides is 1. The molecule has 7 heteroatoms. The molecule has 2 aromatic rings. The van der Waals surface area contributed by atoms with E-state index < -0.39 is 5.91 Å². The van der Waals surface area contributed by atoms with Gasteiger partial charge in [0.1, 0.15) is 5.75 Å². The summed E-state index contributed by atoms with van der Waals surface area (Å²) in [5.41, 5.74) is 5.94. The van der Waals surface area contributed by atoms with E-state index in [1.54, 1.807) is 17.3 Å². The van der Waals surface area contributed by atoms with Crippen molar-refractivity contribution in [3.05, 3.63) is 48.4 Å². The Hall–Kier alpha value is -2.96. The Morgan fingerprint density at radius 3 is 2.77 bits per heavy atom. The molecule has 1 aromatic heterocycles. The summed E-state index contributed by atoms with van der Waals surface area (Å²) in [6, 6.07) is 9.41. The molecule has 7 nitrogen and oxygen atoms in total. The van der Waals surface area contributed by atoms with E-state index in [1.165, 1.54) is 0 Å². The molecule has 0 aliphatic carbocycles. The molecule has 26 heavy (non-hydrogen) atoms. The monoisotopic (exact) mass is 354 g/mol. The Labute approximate surface area is 152 Å². The van der Waals surface area contributed by atoms with Gasteiger partial charge in [-0.2, -0.15) is 0 Å². The molecule has 2 amide bonds. The summed E-state index contributed by atoms with van der Waals surface area (Å²) in [4.78, 5) is 33.7. The van der Waals surface area contributed by atoms with Gasteiger partial charge >= 0.3 is 0 Å². The van der Waals surface area contributed by atoms with Gasteiger partial charge in [-0.3, -0.25) is 14.6 Å². The van der Waals surface area contributed by atoms with Crippen LogP contribution in [-0.2, 0) is 9.59 Å². The van der Waals surface area contributed by atoms with E-state index in [0.29, 0.717) is 24.7 Å². The second-order valence-corrected chi connectivity index (χ2v) is 6.34. The molecule has 1 saturated heterocycles. The molecule has 1 aromatic carbocycles. The number of nitrogens with two attached hydrogens (primary N) is 1. The first kappa shape index (κ1) is 17.8. The van der Waals surface area contributed by atoms with Crippen molar-refractivity contribution in [1.82, 2.24) is 14.9 Å². The van der Waals surface area contributed by atoms with Crippen molar-refractivity contribution in [2.75, 3.05) is 13.1 Å². The lowest BCUT2D eigenvalue weighted by Gasteiger charge is -2.32. The van der Waals surface area contributed by atoms with E-state index in [-0.39, 0.29) is 24.7 Å². The first-order valence-electron chi connectivity index (χ1n) is 8.73. The van der Waals surface area contributed by atoms with Gasteiger partial charge in [-0.25, -0.2) is 4.98 Å². The normalized spacial score (nSPS) is 16.9. The van der Waals surface area contributed by atoms with Gasteiger partial charge in [0.05, 0.1) is 11.9 Å². The summed E-state index contributed by atoms with van der Waals surface area (Å²) < 4.78 is 5.74. The van der Waals surface area contributed by atoms with Crippen LogP contribution >= 0.6 is 0 Å². The van der Waals surface area contributed by atoms with Gasteiger partial charge in [0, 0.05) is 38.0 Å². The summed E-state index contributed by atoms with van der Waals surface area (Å²) >= 11 is 0. The number of piperidine rings is 1. The number of carbonyl (C=O) groups is 2. The molecule has 1 aliphatic rings. The van der Waals surface area contributed by atoms with Crippen LogP contribution in [-0.4, -0.2) is 39.8 Å². The quantitative estimate of drug-likeness (QED) is 0.858. The average Bonchev–Trinajstić information content (AvgIpc) is 2.67. The van der Waals surface area contributed by atoms with Crippen LogP contribution < -0.4 is 10.5 Å². The second-order valence-electron chi connectivity index (χ2n) is 6.34. The van der Waals surface area contributed by atoms with Crippen LogP contribution in [0.1, 0.15) is 37.3 Å². The van der Waals surface area contributed by atoms with Gasteiger partial charge in [0.2, 0.25) is 17.7 Å². The summed E-state index contributed by atoms with van der Waals surface area (Å²) in [5, 5.41) is 0. The maximum Gasteiger partial charge on any atom is 0.238 e. The molecule has 2 heterocycles. The maximum absolute atomic E-state index is 12.2. The first-order chi connectivity index (χ1) is 12.6. The zero-order valence-corrected chi connectivity index (χ0v) is 14.5. The van der Waals surface area contributed by atoms with Crippen molar-refractivity contribution >= 4 is 11.8 Å². The van der Waals surface area contributed by atoms with Crippen LogP contribution in [0.25, 0.3) is 0 Å². The van der Waals surface area contributed by atoms with Gasteiger partial charge in [-0.05, 0) is 25.0 Å². The molecule has 0 radical (unpaired) electrons. The first-order valence-corrected chi connectivity index (χ1v) is 8.73. The highest BCUT2D eigenvalue weighted by Gasteiger charge is 2.26. The molecule has 0 unspecified atom stereocenters. The highest BCUT2D eigenvalue weighted by atomic mass is 16.5. The zero-order valence-electron chi connectivity index (χ0n) is 14.5. The van der Waals surface area contributed by atoms with E-state index in [0.717, 1.165) is 18.5 Å². The number of carbonyl (C=O) groups excluding carboxylic acids is 2. The number of hydrogen-bond acceptors (Lipinski definition) is 5. The van der Waals surface area contributed by atoms with E-state index in [9.17, 15) is 9.59 Å². The molecule has 1 fully saturated rings. The predicted molar refractivity (Wildman–Crippen MR) is 95.5 cm³/mol. The van der Waals surface area contributed by atoms with Gasteiger partial charge in [-0.15, -0.1) is 0 Å². The minimum atomic E-state index is -0.455. The van der Waals surface area contributed by atoms with Crippen molar-refractivity contribution in [2.45, 2.75) is 31.6 Å². The SMILES string of the molecule is NC(=O)CCC(=O)N1CCC[C@@H](c2cncc(Oc3ccccc3)n2)C1. The van der Waals surface area contributed by atoms with Gasteiger partial charge < -0.3 is 15.4 Å². The lowest BCUT2D eigenvalue weighted by atomic mass is 9.94. The van der Waals surface area contributed by atoms with E-state index in [1.807, 2.05) is 30.3 Å². The maximum atomic E-state index is 12.2. The van der Waals surface area contributed by atoms with Crippen LogP contribution in [0.3, 0.4) is 0 Å². The van der Waals surface area contributed by atoms with E-state index >= 15 is 0 Å². The van der Waals surface area contributed by atoms with Gasteiger partial charge in [0.25, 0.3) is 0 Å². The van der Waals surface area contributed by atoms with Crippen LogP contribution in [0.4, 0.5) is 0 Å². The van der Waals surface area contributed by atoms with E-state index in [4.69, 9.17) is 10.5 Å². The van der Waals surface area contributed by atoms with Gasteiger partial charge in [-0.1, -0.05) is 18.2 Å². The Bertz CT molecular complexity index is 766. The Balaban J connectivity index is 1.65. The van der Waals surface area contributed by atoms with Crippen LogP contribution in [0.15, 0.2) is 42.7 Å². The second kappa shape index (κ2) is 8.42. The largest absolute Gasteiger partial charge is 0.437 e. The zero-order chi connectivity index (χ0) is 18.4. The lowest BCUT2D eigenvalue weighted by molar-refractivity contribution is -0.134. The fourth-order valence-electron chi connectivity index (χ4n) is 3.05. The number of benzene rings is 1. The third-order valence-electron chi connectivity index (χ3n) is 4.37. The minimum absolute atomic E-state index is 0.0434. The van der Waals surface area contributed by atoms with Crippen molar-refractivity contribution < 1.29 is 14.3 Å². The van der Waals surface area contributed by atoms with Crippen LogP contribution in [0, 0.1) is 0 Å². The van der Waals surface area contributed by atoms with Crippen molar-refractivity contribution in [2.24, 2.45) is 5.73 Å². The van der Waals surface area contributed by atoms with Crippen molar-refractivity contribution in [1.29, 1.82) is 0 Å². The molecule has 0 bridgehead atoms. The third-order valence-corrected chi connectivity index (χ3v) is 4.37. The molecule has 1 atom stereocenters. The smallest absolute Gasteiger partial charge is 0.238 e. The molecular formula is C19H22N4O3. The fourth-order valence-corrected chi connectivity index (χ4v) is 3.05. The molecule has 3 rings (SSSR count). The Morgan fingerprint density at radius 2 is 2.00 bits per heavy atom. The topological polar surface area (TPSA) is 98.4 Å². The standard InChI is InChI=1S/C19H22N4O3/c20-17(24)8-9-19(25)23-10-4-5-14(13-23)16-11-21-12-18(22-16)26-15-6-2-1-3-7-15/h1-3,6-7,11-12,14H,4-5,8-10,13H2,(H2,20,24)/t14-/m1/s1. The highest BCUT2D eigenvalue weighted by molar-refractivity contribution is 5.83. The number of amides is 2. The van der Waals surface area contributed by atoms with Crippen LogP contribution in [0.5, 0.6) is 11.6 Å².